The SMILES string of the molecule is CCCCCCCCCCCCCCC(F)(CCCCCCCCC)S(=O)(=O)[O-].[Na+]. The summed E-state index contributed by atoms with van der Waals surface area (Å²) in [6, 6.07) is 0. The summed E-state index contributed by atoms with van der Waals surface area (Å²) in [6.45, 7) is 4.39. The Morgan fingerprint density at radius 3 is 1.03 bits per heavy atom. The Balaban J connectivity index is 0. The third-order valence-corrected chi connectivity index (χ3v) is 7.31. The normalized spacial score (nSPS) is 13.7. The fourth-order valence-electron chi connectivity index (χ4n) is 3.95. The maximum absolute atomic E-state index is 14.8. The molecule has 0 spiro atoms. The Morgan fingerprint density at radius 2 is 0.800 bits per heavy atom. The van der Waals surface area contributed by atoms with Crippen molar-refractivity contribution < 1.29 is 46.9 Å². The molecule has 176 valence electrons. The molecule has 0 heterocycles. The second-order valence-corrected chi connectivity index (χ2v) is 10.5. The van der Waals surface area contributed by atoms with Gasteiger partial charge in [-0.2, -0.15) is 0 Å². The molecule has 30 heavy (non-hydrogen) atoms. The molecule has 0 aromatic heterocycles. The van der Waals surface area contributed by atoms with E-state index in [0.29, 0.717) is 12.8 Å². The molecular weight excluding hydrogens is 410 g/mol. The molecule has 0 fully saturated rings. The van der Waals surface area contributed by atoms with Gasteiger partial charge in [0.15, 0.2) is 5.00 Å². The van der Waals surface area contributed by atoms with Crippen LogP contribution in [0.2, 0.25) is 0 Å². The Morgan fingerprint density at radius 1 is 0.567 bits per heavy atom. The standard InChI is InChI=1S/C24H49FO3S.Na/c1-3-5-7-9-11-12-13-14-15-17-19-21-23-24(25,29(26,27)28)22-20-18-16-10-8-6-4-2;/h3-23H2,1-2H3,(H,26,27,28);/q;+1/p-1. The molecule has 0 aliphatic carbocycles. The first-order chi connectivity index (χ1) is 13.9. The average molecular weight is 459 g/mol. The van der Waals surface area contributed by atoms with Crippen LogP contribution in [-0.2, 0) is 10.1 Å². The van der Waals surface area contributed by atoms with Crippen molar-refractivity contribution in [1.29, 1.82) is 0 Å². The molecule has 0 amide bonds. The van der Waals surface area contributed by atoms with Crippen LogP contribution in [0.1, 0.15) is 149 Å². The van der Waals surface area contributed by atoms with Gasteiger partial charge < -0.3 is 4.55 Å². The van der Waals surface area contributed by atoms with Crippen molar-refractivity contribution in [3.63, 3.8) is 0 Å². The summed E-state index contributed by atoms with van der Waals surface area (Å²) in [5, 5.41) is -2.56. The van der Waals surface area contributed by atoms with E-state index in [-0.39, 0.29) is 42.4 Å². The molecule has 0 saturated carbocycles. The zero-order chi connectivity index (χ0) is 21.8. The van der Waals surface area contributed by atoms with E-state index >= 15 is 0 Å². The minimum Gasteiger partial charge on any atom is -0.745 e. The van der Waals surface area contributed by atoms with Crippen molar-refractivity contribution in [2.45, 2.75) is 154 Å². The van der Waals surface area contributed by atoms with Crippen molar-refractivity contribution in [3.8, 4) is 0 Å². The molecule has 0 aliphatic rings. The predicted octanol–water partition coefficient (Wildman–Crippen LogP) is 5.43. The zero-order valence-electron chi connectivity index (χ0n) is 20.4. The number of hydrogen-bond donors (Lipinski definition) is 0. The summed E-state index contributed by atoms with van der Waals surface area (Å²) in [4.78, 5) is 0. The summed E-state index contributed by atoms with van der Waals surface area (Å²) < 4.78 is 49.2. The molecule has 0 aromatic rings. The monoisotopic (exact) mass is 458 g/mol. The van der Waals surface area contributed by atoms with E-state index in [9.17, 15) is 17.4 Å². The van der Waals surface area contributed by atoms with Crippen LogP contribution in [-0.4, -0.2) is 18.0 Å². The van der Waals surface area contributed by atoms with E-state index in [0.717, 1.165) is 38.5 Å². The number of unbranched alkanes of at least 4 members (excludes halogenated alkanes) is 17. The van der Waals surface area contributed by atoms with Crippen molar-refractivity contribution >= 4 is 10.1 Å². The molecule has 0 aromatic carbocycles. The predicted molar refractivity (Wildman–Crippen MR) is 122 cm³/mol. The molecule has 6 heteroatoms. The topological polar surface area (TPSA) is 57.2 Å². The first kappa shape index (κ1) is 33.0. The van der Waals surface area contributed by atoms with Gasteiger partial charge in [0.1, 0.15) is 10.1 Å². The van der Waals surface area contributed by atoms with E-state index in [1.165, 1.54) is 70.6 Å². The first-order valence-electron chi connectivity index (χ1n) is 12.5. The minimum atomic E-state index is -4.90. The number of rotatable bonds is 22. The van der Waals surface area contributed by atoms with E-state index in [2.05, 4.69) is 13.8 Å². The maximum atomic E-state index is 14.8. The van der Waals surface area contributed by atoms with Crippen LogP contribution < -0.4 is 29.6 Å². The number of alkyl halides is 1. The van der Waals surface area contributed by atoms with Gasteiger partial charge in [0.05, 0.1) is 0 Å². The van der Waals surface area contributed by atoms with Gasteiger partial charge in [-0.3, -0.25) is 0 Å². The fraction of sp³-hybridized carbons (Fsp3) is 1.00. The van der Waals surface area contributed by atoms with Gasteiger partial charge in [-0.15, -0.1) is 0 Å². The van der Waals surface area contributed by atoms with Gasteiger partial charge in [-0.1, -0.05) is 123 Å². The summed E-state index contributed by atoms with van der Waals surface area (Å²) >= 11 is 0. The minimum absolute atomic E-state index is 0. The average Bonchev–Trinajstić information content (AvgIpc) is 2.67. The van der Waals surface area contributed by atoms with Crippen LogP contribution in [0.15, 0.2) is 0 Å². The Kier molecular flexibility index (Phi) is 23.9. The van der Waals surface area contributed by atoms with Crippen molar-refractivity contribution in [2.24, 2.45) is 0 Å². The Labute approximate surface area is 209 Å². The molecule has 0 bridgehead atoms. The van der Waals surface area contributed by atoms with Gasteiger partial charge in [0.2, 0.25) is 0 Å². The molecule has 1 atom stereocenters. The van der Waals surface area contributed by atoms with Gasteiger partial charge in [0, 0.05) is 0 Å². The Bertz CT molecular complexity index is 459. The van der Waals surface area contributed by atoms with E-state index in [1.807, 2.05) is 0 Å². The van der Waals surface area contributed by atoms with E-state index < -0.39 is 15.1 Å². The summed E-state index contributed by atoms with van der Waals surface area (Å²) in [5.74, 6) is 0. The second kappa shape index (κ2) is 21.7. The van der Waals surface area contributed by atoms with Gasteiger partial charge in [-0.25, -0.2) is 12.8 Å². The van der Waals surface area contributed by atoms with E-state index in [4.69, 9.17) is 0 Å². The number of halogens is 1. The zero-order valence-corrected chi connectivity index (χ0v) is 23.2. The molecule has 0 rings (SSSR count). The fourth-order valence-corrected chi connectivity index (χ4v) is 4.74. The molecule has 3 nitrogen and oxygen atoms in total. The van der Waals surface area contributed by atoms with Crippen LogP contribution in [0.4, 0.5) is 4.39 Å². The quantitative estimate of drug-likeness (QED) is 0.123. The maximum Gasteiger partial charge on any atom is 1.00 e. The third kappa shape index (κ3) is 18.4. The largest absolute Gasteiger partial charge is 1.00 e. The van der Waals surface area contributed by atoms with Crippen molar-refractivity contribution in [2.75, 3.05) is 0 Å². The van der Waals surface area contributed by atoms with Crippen LogP contribution >= 0.6 is 0 Å². The molecule has 0 aliphatic heterocycles. The number of hydrogen-bond acceptors (Lipinski definition) is 3. The Hall–Kier alpha value is 0.840. The van der Waals surface area contributed by atoms with Crippen molar-refractivity contribution in [3.05, 3.63) is 0 Å². The van der Waals surface area contributed by atoms with Crippen LogP contribution in [0.25, 0.3) is 0 Å². The molecular formula is C24H48FNaO3S. The van der Waals surface area contributed by atoms with Crippen LogP contribution in [0, 0.1) is 0 Å². The molecule has 0 N–H and O–H groups in total. The van der Waals surface area contributed by atoms with Crippen molar-refractivity contribution in [1.82, 2.24) is 0 Å². The summed E-state index contributed by atoms with van der Waals surface area (Å²) in [5.41, 5.74) is 0. The van der Waals surface area contributed by atoms with Gasteiger partial charge in [-0.05, 0) is 25.7 Å². The third-order valence-electron chi connectivity index (χ3n) is 6.01. The van der Waals surface area contributed by atoms with Gasteiger partial charge >= 0.3 is 29.6 Å². The van der Waals surface area contributed by atoms with Gasteiger partial charge in [0.25, 0.3) is 0 Å². The molecule has 0 saturated heterocycles. The first-order valence-corrected chi connectivity index (χ1v) is 13.9. The summed E-state index contributed by atoms with van der Waals surface area (Å²) in [7, 11) is -4.90. The smallest absolute Gasteiger partial charge is 0.745 e. The summed E-state index contributed by atoms with van der Waals surface area (Å²) in [6.07, 6.45) is 20.5. The second-order valence-electron chi connectivity index (χ2n) is 8.85. The van der Waals surface area contributed by atoms with Crippen LogP contribution in [0.3, 0.4) is 0 Å². The molecule has 1 unspecified atom stereocenters. The van der Waals surface area contributed by atoms with E-state index in [1.54, 1.807) is 0 Å². The van der Waals surface area contributed by atoms with Crippen LogP contribution in [0.5, 0.6) is 0 Å². The molecule has 0 radical (unpaired) electrons.